The first-order chi connectivity index (χ1) is 8.22. The highest BCUT2D eigenvalue weighted by molar-refractivity contribution is 5.98. The van der Waals surface area contributed by atoms with Crippen molar-refractivity contribution < 1.29 is 4.79 Å². The van der Waals surface area contributed by atoms with Crippen molar-refractivity contribution in [2.75, 3.05) is 6.54 Å². The largest absolute Gasteiger partial charge is 0.330 e. The Hall–Kier alpha value is -1.15. The molecule has 1 aromatic rings. The minimum absolute atomic E-state index is 0.149. The normalized spacial score (nSPS) is 24.6. The Bertz CT molecular complexity index is 400. The number of Topliss-reactive ketones (excluding diaryl/α,β-unsaturated/α-hetero) is 1. The number of rotatable bonds is 3. The first-order valence-corrected chi connectivity index (χ1v) is 6.53. The van der Waals surface area contributed by atoms with Gasteiger partial charge in [-0.25, -0.2) is 0 Å². The Morgan fingerprint density at radius 3 is 2.82 bits per heavy atom. The lowest BCUT2D eigenvalue weighted by atomic mass is 9.75. The number of ketones is 1. The summed E-state index contributed by atoms with van der Waals surface area (Å²) in [4.78, 5) is 12.5. The molecule has 2 nitrogen and oxygen atoms in total. The molecule has 1 aliphatic carbocycles. The molecule has 0 amide bonds. The van der Waals surface area contributed by atoms with Crippen molar-refractivity contribution in [3.8, 4) is 0 Å². The van der Waals surface area contributed by atoms with Crippen LogP contribution < -0.4 is 5.73 Å². The van der Waals surface area contributed by atoms with E-state index in [-0.39, 0.29) is 5.92 Å². The SMILES string of the molecule is Cc1cccc(C(=O)C2CCCCC2CN)c1. The van der Waals surface area contributed by atoms with Crippen molar-refractivity contribution in [3.63, 3.8) is 0 Å². The zero-order valence-corrected chi connectivity index (χ0v) is 10.5. The van der Waals surface area contributed by atoms with Crippen LogP contribution in [0.3, 0.4) is 0 Å². The molecule has 1 saturated carbocycles. The third kappa shape index (κ3) is 2.75. The van der Waals surface area contributed by atoms with Crippen LogP contribution in [0.1, 0.15) is 41.6 Å². The van der Waals surface area contributed by atoms with Crippen LogP contribution in [-0.4, -0.2) is 12.3 Å². The maximum absolute atomic E-state index is 12.5. The van der Waals surface area contributed by atoms with Crippen molar-refractivity contribution in [2.45, 2.75) is 32.6 Å². The molecular formula is C15H21NO. The Kier molecular flexibility index (Phi) is 3.95. The van der Waals surface area contributed by atoms with E-state index in [4.69, 9.17) is 5.73 Å². The van der Waals surface area contributed by atoms with E-state index >= 15 is 0 Å². The van der Waals surface area contributed by atoms with Gasteiger partial charge < -0.3 is 5.73 Å². The van der Waals surface area contributed by atoms with Gasteiger partial charge in [0.25, 0.3) is 0 Å². The van der Waals surface area contributed by atoms with Gasteiger partial charge in [-0.2, -0.15) is 0 Å². The molecule has 92 valence electrons. The van der Waals surface area contributed by atoms with Crippen LogP contribution in [0.5, 0.6) is 0 Å². The van der Waals surface area contributed by atoms with Gasteiger partial charge in [-0.1, -0.05) is 36.6 Å². The van der Waals surface area contributed by atoms with Crippen molar-refractivity contribution in [1.82, 2.24) is 0 Å². The van der Waals surface area contributed by atoms with E-state index in [1.54, 1.807) is 0 Å². The van der Waals surface area contributed by atoms with Crippen molar-refractivity contribution in [3.05, 3.63) is 35.4 Å². The molecule has 2 heteroatoms. The summed E-state index contributed by atoms with van der Waals surface area (Å²) in [7, 11) is 0. The number of benzene rings is 1. The summed E-state index contributed by atoms with van der Waals surface area (Å²) in [6, 6.07) is 7.91. The van der Waals surface area contributed by atoms with E-state index in [2.05, 4.69) is 0 Å². The molecule has 1 aliphatic rings. The van der Waals surface area contributed by atoms with E-state index in [0.29, 0.717) is 18.2 Å². The number of hydrogen-bond acceptors (Lipinski definition) is 2. The van der Waals surface area contributed by atoms with Gasteiger partial charge in [-0.3, -0.25) is 4.79 Å². The molecule has 0 radical (unpaired) electrons. The fourth-order valence-corrected chi connectivity index (χ4v) is 2.85. The highest BCUT2D eigenvalue weighted by Crippen LogP contribution is 2.31. The van der Waals surface area contributed by atoms with Crippen molar-refractivity contribution in [1.29, 1.82) is 0 Å². The molecule has 2 atom stereocenters. The highest BCUT2D eigenvalue weighted by atomic mass is 16.1. The van der Waals surface area contributed by atoms with Gasteiger partial charge in [0.1, 0.15) is 0 Å². The summed E-state index contributed by atoms with van der Waals surface area (Å²) in [6.45, 7) is 2.67. The third-order valence-corrected chi connectivity index (χ3v) is 3.85. The predicted octanol–water partition coefficient (Wildman–Crippen LogP) is 2.94. The first kappa shape index (κ1) is 12.3. The molecule has 0 heterocycles. The van der Waals surface area contributed by atoms with Crippen LogP contribution in [0.25, 0.3) is 0 Å². The Labute approximate surface area is 103 Å². The van der Waals surface area contributed by atoms with E-state index < -0.39 is 0 Å². The second-order valence-corrected chi connectivity index (χ2v) is 5.12. The highest BCUT2D eigenvalue weighted by Gasteiger charge is 2.30. The Balaban J connectivity index is 2.18. The fourth-order valence-electron chi connectivity index (χ4n) is 2.85. The molecule has 0 aliphatic heterocycles. The van der Waals surface area contributed by atoms with Crippen LogP contribution in [0.4, 0.5) is 0 Å². The summed E-state index contributed by atoms with van der Waals surface area (Å²) in [5, 5.41) is 0. The van der Waals surface area contributed by atoms with Crippen LogP contribution in [0.2, 0.25) is 0 Å². The van der Waals surface area contributed by atoms with Gasteiger partial charge >= 0.3 is 0 Å². The van der Waals surface area contributed by atoms with Gasteiger partial charge in [0.2, 0.25) is 0 Å². The van der Waals surface area contributed by atoms with E-state index in [1.165, 1.54) is 12.8 Å². The Morgan fingerprint density at radius 1 is 1.35 bits per heavy atom. The monoisotopic (exact) mass is 231 g/mol. The van der Waals surface area contributed by atoms with Crippen LogP contribution in [0.15, 0.2) is 24.3 Å². The average Bonchev–Trinajstić information content (AvgIpc) is 2.38. The topological polar surface area (TPSA) is 43.1 Å². The number of aryl methyl sites for hydroxylation is 1. The molecule has 0 spiro atoms. The fraction of sp³-hybridized carbons (Fsp3) is 0.533. The zero-order valence-electron chi connectivity index (χ0n) is 10.5. The van der Waals surface area contributed by atoms with Gasteiger partial charge in [0, 0.05) is 11.5 Å². The second-order valence-electron chi connectivity index (χ2n) is 5.12. The summed E-state index contributed by atoms with van der Waals surface area (Å²) in [6.07, 6.45) is 4.51. The lowest BCUT2D eigenvalue weighted by Gasteiger charge is -2.29. The quantitative estimate of drug-likeness (QED) is 0.813. The smallest absolute Gasteiger partial charge is 0.166 e. The van der Waals surface area contributed by atoms with E-state index in [9.17, 15) is 4.79 Å². The minimum atomic E-state index is 0.149. The van der Waals surface area contributed by atoms with Gasteiger partial charge in [-0.15, -0.1) is 0 Å². The van der Waals surface area contributed by atoms with Gasteiger partial charge in [0.15, 0.2) is 5.78 Å². The molecule has 2 unspecified atom stereocenters. The molecule has 0 saturated heterocycles. The molecule has 17 heavy (non-hydrogen) atoms. The second kappa shape index (κ2) is 5.46. The van der Waals surface area contributed by atoms with Crippen LogP contribution >= 0.6 is 0 Å². The van der Waals surface area contributed by atoms with Crippen LogP contribution in [0, 0.1) is 18.8 Å². The average molecular weight is 231 g/mol. The number of hydrogen-bond donors (Lipinski definition) is 1. The third-order valence-electron chi connectivity index (χ3n) is 3.85. The summed E-state index contributed by atoms with van der Waals surface area (Å²) in [5.41, 5.74) is 7.79. The molecule has 1 aromatic carbocycles. The van der Waals surface area contributed by atoms with Gasteiger partial charge in [0.05, 0.1) is 0 Å². The van der Waals surface area contributed by atoms with Crippen LogP contribution in [-0.2, 0) is 0 Å². The number of carbonyl (C=O) groups excluding carboxylic acids is 1. The Morgan fingerprint density at radius 2 is 2.12 bits per heavy atom. The number of nitrogens with two attached hydrogens (primary N) is 1. The summed E-state index contributed by atoms with van der Waals surface area (Å²) >= 11 is 0. The first-order valence-electron chi connectivity index (χ1n) is 6.53. The molecule has 2 N–H and O–H groups in total. The summed E-state index contributed by atoms with van der Waals surface area (Å²) in [5.74, 6) is 0.830. The van der Waals surface area contributed by atoms with E-state index in [0.717, 1.165) is 24.0 Å². The molecule has 0 aromatic heterocycles. The maximum Gasteiger partial charge on any atom is 0.166 e. The summed E-state index contributed by atoms with van der Waals surface area (Å²) < 4.78 is 0. The van der Waals surface area contributed by atoms with Gasteiger partial charge in [-0.05, 0) is 38.3 Å². The predicted molar refractivity (Wildman–Crippen MR) is 70.0 cm³/mol. The van der Waals surface area contributed by atoms with E-state index in [1.807, 2.05) is 31.2 Å². The molecule has 2 rings (SSSR count). The molecule has 1 fully saturated rings. The standard InChI is InChI=1S/C15H21NO/c1-11-5-4-7-12(9-11)15(17)14-8-3-2-6-13(14)10-16/h4-5,7,9,13-14H,2-3,6,8,10,16H2,1H3. The molecular weight excluding hydrogens is 210 g/mol. The zero-order chi connectivity index (χ0) is 12.3. The lowest BCUT2D eigenvalue weighted by Crippen LogP contribution is -2.32. The lowest BCUT2D eigenvalue weighted by molar-refractivity contribution is 0.0829. The maximum atomic E-state index is 12.5. The number of carbonyl (C=O) groups is 1. The van der Waals surface area contributed by atoms with Crippen molar-refractivity contribution in [2.24, 2.45) is 17.6 Å². The minimum Gasteiger partial charge on any atom is -0.330 e. The van der Waals surface area contributed by atoms with Crippen molar-refractivity contribution >= 4 is 5.78 Å². The molecule has 0 bridgehead atoms.